The maximum Gasteiger partial charge on any atom is 0.336 e. The molecule has 9 nitrogen and oxygen atoms in total. The maximum atomic E-state index is 10.5. The molecule has 3 rings (SSSR count). The van der Waals surface area contributed by atoms with Crippen LogP contribution in [0.1, 0.15) is 21.5 Å². The number of hydrogen-bond acceptors (Lipinski definition) is 6. The minimum Gasteiger partial charge on any atom is -0.508 e. The molecular formula is C20H15ClN2O7. The van der Waals surface area contributed by atoms with Crippen LogP contribution in [0.5, 0.6) is 5.75 Å². The van der Waals surface area contributed by atoms with Crippen molar-refractivity contribution in [1.29, 1.82) is 0 Å². The molecule has 0 saturated heterocycles. The summed E-state index contributed by atoms with van der Waals surface area (Å²) in [4.78, 5) is 29.4. The number of non-ortho nitro benzene ring substituents is 2. The fourth-order valence-corrected chi connectivity index (χ4v) is 2.67. The van der Waals surface area contributed by atoms with E-state index < -0.39 is 32.8 Å². The summed E-state index contributed by atoms with van der Waals surface area (Å²) in [7, 11) is 0. The zero-order chi connectivity index (χ0) is 22.3. The second-order valence-corrected chi connectivity index (χ2v) is 6.43. The van der Waals surface area contributed by atoms with E-state index in [0.29, 0.717) is 18.2 Å². The molecule has 0 heterocycles. The molecule has 0 bridgehead atoms. The Morgan fingerprint density at radius 1 is 0.900 bits per heavy atom. The fraction of sp³-hybridized carbons (Fsp3) is 0.0500. The van der Waals surface area contributed by atoms with Gasteiger partial charge in [-0.3, -0.25) is 20.2 Å². The Bertz CT molecular complexity index is 1020. The molecule has 154 valence electrons. The molecule has 0 saturated carbocycles. The van der Waals surface area contributed by atoms with Gasteiger partial charge in [0.25, 0.3) is 11.4 Å². The van der Waals surface area contributed by atoms with E-state index in [4.69, 9.17) is 16.7 Å². The first-order valence-corrected chi connectivity index (χ1v) is 8.73. The zero-order valence-corrected chi connectivity index (χ0v) is 16.0. The number of rotatable bonds is 5. The molecule has 0 aromatic heterocycles. The van der Waals surface area contributed by atoms with E-state index in [1.54, 1.807) is 6.07 Å². The first-order chi connectivity index (χ1) is 14.2. The summed E-state index contributed by atoms with van der Waals surface area (Å²) in [5.41, 5.74) is 0.280. The number of nitro groups is 2. The summed E-state index contributed by atoms with van der Waals surface area (Å²) < 4.78 is 0. The predicted molar refractivity (Wildman–Crippen MR) is 109 cm³/mol. The first kappa shape index (κ1) is 22.3. The number of phenolic OH excluding ortho intramolecular Hbond substituents is 1. The van der Waals surface area contributed by atoms with Crippen LogP contribution in [0.2, 0.25) is 5.02 Å². The number of nitro benzene ring substituents is 2. The third kappa shape index (κ3) is 6.28. The van der Waals surface area contributed by atoms with Crippen LogP contribution in [-0.2, 0) is 6.42 Å². The first-order valence-electron chi connectivity index (χ1n) is 8.36. The van der Waals surface area contributed by atoms with Crippen LogP contribution in [0, 0.1) is 20.2 Å². The van der Waals surface area contributed by atoms with Gasteiger partial charge in [0.2, 0.25) is 0 Å². The summed E-state index contributed by atoms with van der Waals surface area (Å²) in [6.45, 7) is 0. The molecule has 0 unspecified atom stereocenters. The lowest BCUT2D eigenvalue weighted by molar-refractivity contribution is -0.394. The van der Waals surface area contributed by atoms with Crippen molar-refractivity contribution in [3.63, 3.8) is 0 Å². The van der Waals surface area contributed by atoms with Crippen LogP contribution in [0.4, 0.5) is 11.4 Å². The van der Waals surface area contributed by atoms with Crippen molar-refractivity contribution in [2.24, 2.45) is 0 Å². The number of nitrogens with zero attached hydrogens (tertiary/aromatic N) is 2. The van der Waals surface area contributed by atoms with E-state index in [1.807, 2.05) is 42.5 Å². The Kier molecular flexibility index (Phi) is 7.43. The molecule has 0 radical (unpaired) electrons. The van der Waals surface area contributed by atoms with Gasteiger partial charge in [-0.05, 0) is 29.3 Å². The van der Waals surface area contributed by atoms with Crippen LogP contribution < -0.4 is 0 Å². The standard InChI is InChI=1S/C13H11ClO.C7H4N2O6/c14-12-6-3-4-10(9-12)8-11-5-1-2-7-13(11)15;10-7(11)4-1-5(8(12)13)3-6(2-4)9(14)15/h1-7,9,15H,8H2;1-3H,(H,10,11). The second-order valence-electron chi connectivity index (χ2n) is 5.99. The lowest BCUT2D eigenvalue weighted by Crippen LogP contribution is -2.00. The topological polar surface area (TPSA) is 144 Å². The van der Waals surface area contributed by atoms with Crippen molar-refractivity contribution in [1.82, 2.24) is 0 Å². The number of hydrogen-bond donors (Lipinski definition) is 2. The highest BCUT2D eigenvalue weighted by Crippen LogP contribution is 2.23. The number of carbonyl (C=O) groups is 1. The molecule has 0 spiro atoms. The highest BCUT2D eigenvalue weighted by atomic mass is 35.5. The molecule has 2 N–H and O–H groups in total. The fourth-order valence-electron chi connectivity index (χ4n) is 2.46. The molecule has 0 amide bonds. The minimum absolute atomic E-state index is 0.331. The molecule has 3 aromatic carbocycles. The van der Waals surface area contributed by atoms with Gasteiger partial charge in [0.15, 0.2) is 0 Å². The van der Waals surface area contributed by atoms with Crippen molar-refractivity contribution >= 4 is 28.9 Å². The van der Waals surface area contributed by atoms with E-state index in [0.717, 1.165) is 28.3 Å². The number of phenols is 1. The molecule has 0 aliphatic rings. The molecule has 0 atom stereocenters. The molecule has 3 aromatic rings. The van der Waals surface area contributed by atoms with E-state index in [-0.39, 0.29) is 0 Å². The van der Waals surface area contributed by atoms with Crippen LogP contribution in [0.25, 0.3) is 0 Å². The molecule has 10 heteroatoms. The van der Waals surface area contributed by atoms with Crippen LogP contribution in [-0.4, -0.2) is 26.0 Å². The van der Waals surface area contributed by atoms with Gasteiger partial charge in [0, 0.05) is 23.6 Å². The summed E-state index contributed by atoms with van der Waals surface area (Å²) in [6.07, 6.45) is 0.702. The van der Waals surface area contributed by atoms with Gasteiger partial charge in [0.1, 0.15) is 5.75 Å². The van der Waals surface area contributed by atoms with Crippen molar-refractivity contribution in [3.8, 4) is 5.75 Å². The Labute approximate surface area is 175 Å². The second kappa shape index (κ2) is 9.99. The lowest BCUT2D eigenvalue weighted by atomic mass is 10.0. The van der Waals surface area contributed by atoms with Crippen LogP contribution in [0.3, 0.4) is 0 Å². The Hall–Kier alpha value is -3.98. The van der Waals surface area contributed by atoms with E-state index in [2.05, 4.69) is 0 Å². The van der Waals surface area contributed by atoms with E-state index in [1.165, 1.54) is 0 Å². The quantitative estimate of drug-likeness (QED) is 0.435. The average molecular weight is 431 g/mol. The lowest BCUT2D eigenvalue weighted by Gasteiger charge is -2.04. The van der Waals surface area contributed by atoms with Crippen molar-refractivity contribution < 1.29 is 24.9 Å². The SMILES string of the molecule is O=C(O)c1cc([N+](=O)[O-])cc([N+](=O)[O-])c1.Oc1ccccc1Cc1cccc(Cl)c1. The smallest absolute Gasteiger partial charge is 0.336 e. The molecule has 0 aliphatic heterocycles. The zero-order valence-electron chi connectivity index (χ0n) is 15.3. The predicted octanol–water partition coefficient (Wildman–Crippen LogP) is 4.84. The maximum absolute atomic E-state index is 10.5. The van der Waals surface area contributed by atoms with Gasteiger partial charge in [-0.1, -0.05) is 41.9 Å². The van der Waals surface area contributed by atoms with Gasteiger partial charge in [0.05, 0.1) is 21.5 Å². The monoisotopic (exact) mass is 430 g/mol. The van der Waals surface area contributed by atoms with Crippen molar-refractivity contribution in [2.75, 3.05) is 0 Å². The number of carboxylic acid groups (broad SMARTS) is 1. The number of para-hydroxylation sites is 1. The third-order valence-electron chi connectivity index (χ3n) is 3.85. The number of benzene rings is 3. The minimum atomic E-state index is -1.46. The normalized spacial score (nSPS) is 9.90. The molecule has 0 aliphatic carbocycles. The number of halogens is 1. The summed E-state index contributed by atoms with van der Waals surface area (Å²) in [6, 6.07) is 17.2. The number of aromatic hydroxyl groups is 1. The molecular weight excluding hydrogens is 416 g/mol. The highest BCUT2D eigenvalue weighted by Gasteiger charge is 2.19. The van der Waals surface area contributed by atoms with Gasteiger partial charge in [-0.2, -0.15) is 0 Å². The van der Waals surface area contributed by atoms with Gasteiger partial charge in [-0.25, -0.2) is 4.79 Å². The molecule has 30 heavy (non-hydrogen) atoms. The van der Waals surface area contributed by atoms with Gasteiger partial charge in [-0.15, -0.1) is 0 Å². The summed E-state index contributed by atoms with van der Waals surface area (Å²) in [5.74, 6) is -1.13. The Morgan fingerprint density at radius 2 is 1.50 bits per heavy atom. The summed E-state index contributed by atoms with van der Waals surface area (Å²) >= 11 is 5.89. The highest BCUT2D eigenvalue weighted by molar-refractivity contribution is 6.30. The third-order valence-corrected chi connectivity index (χ3v) is 4.08. The Balaban J connectivity index is 0.000000214. The largest absolute Gasteiger partial charge is 0.508 e. The van der Waals surface area contributed by atoms with Gasteiger partial charge < -0.3 is 10.2 Å². The van der Waals surface area contributed by atoms with Crippen LogP contribution in [0.15, 0.2) is 66.7 Å². The van der Waals surface area contributed by atoms with Crippen LogP contribution >= 0.6 is 11.6 Å². The Morgan fingerprint density at radius 3 is 2.00 bits per heavy atom. The molecule has 0 fully saturated rings. The number of carboxylic acids is 1. The summed E-state index contributed by atoms with van der Waals surface area (Å²) in [5, 5.41) is 39.6. The van der Waals surface area contributed by atoms with Crippen molar-refractivity contribution in [3.05, 3.63) is 109 Å². The van der Waals surface area contributed by atoms with E-state index >= 15 is 0 Å². The average Bonchev–Trinajstić information content (AvgIpc) is 2.70. The van der Waals surface area contributed by atoms with Crippen molar-refractivity contribution in [2.45, 2.75) is 6.42 Å². The van der Waals surface area contributed by atoms with E-state index in [9.17, 15) is 30.1 Å². The van der Waals surface area contributed by atoms with Gasteiger partial charge >= 0.3 is 5.97 Å². The number of aromatic carboxylic acids is 1.